The number of rotatable bonds is 5. The van der Waals surface area contributed by atoms with Gasteiger partial charge in [0, 0.05) is 12.6 Å². The number of nitrogens with zero attached hydrogens (tertiary/aromatic N) is 1. The minimum absolute atomic E-state index is 0.0410. The number of aromatic nitrogens is 1. The van der Waals surface area contributed by atoms with Crippen molar-refractivity contribution >= 4 is 11.8 Å². The van der Waals surface area contributed by atoms with Gasteiger partial charge in [-0.3, -0.25) is 9.59 Å². The first-order valence-electron chi connectivity index (χ1n) is 7.03. The summed E-state index contributed by atoms with van der Waals surface area (Å²) >= 11 is 0. The summed E-state index contributed by atoms with van der Waals surface area (Å²) in [5.41, 5.74) is 0.0579. The molecule has 0 bridgehead atoms. The molecule has 8 heteroatoms. The summed E-state index contributed by atoms with van der Waals surface area (Å²) in [4.78, 5) is 27.4. The fourth-order valence-electron chi connectivity index (χ4n) is 2.15. The molecular formula is C15H14FN3O4. The summed E-state index contributed by atoms with van der Waals surface area (Å²) in [5, 5.41) is 5.20. The minimum atomic E-state index is -0.550. The maximum Gasteiger partial charge on any atom is 0.273 e. The second-order valence-electron chi connectivity index (χ2n) is 4.98. The monoisotopic (exact) mass is 319 g/mol. The molecule has 3 rings (SSSR count). The molecule has 0 unspecified atom stereocenters. The highest BCUT2D eigenvalue weighted by molar-refractivity contribution is 5.96. The third-order valence-corrected chi connectivity index (χ3v) is 3.30. The average molecular weight is 319 g/mol. The van der Waals surface area contributed by atoms with E-state index in [1.807, 2.05) is 0 Å². The van der Waals surface area contributed by atoms with E-state index < -0.39 is 17.8 Å². The molecule has 1 aromatic carbocycles. The Morgan fingerprint density at radius 2 is 2.39 bits per heavy atom. The number of benzene rings is 1. The molecule has 0 radical (unpaired) electrons. The van der Waals surface area contributed by atoms with Gasteiger partial charge < -0.3 is 19.8 Å². The average Bonchev–Trinajstić information content (AvgIpc) is 3.15. The van der Waals surface area contributed by atoms with E-state index in [1.54, 1.807) is 6.07 Å². The Kier molecular flexibility index (Phi) is 4.22. The molecule has 0 saturated carbocycles. The summed E-state index contributed by atoms with van der Waals surface area (Å²) in [6, 6.07) is 5.10. The maximum atomic E-state index is 13.0. The van der Waals surface area contributed by atoms with Crippen molar-refractivity contribution in [2.75, 3.05) is 6.54 Å². The molecule has 1 aliphatic rings. The molecule has 2 heterocycles. The molecular weight excluding hydrogens is 305 g/mol. The molecule has 1 aliphatic heterocycles. The van der Waals surface area contributed by atoms with Crippen LogP contribution in [0.1, 0.15) is 22.8 Å². The topological polar surface area (TPSA) is 93.5 Å². The SMILES string of the molecule is O=C(N[C@@H]1CCNC1=O)c1coc(COc2cccc(F)c2)n1. The van der Waals surface area contributed by atoms with Crippen LogP contribution in [-0.4, -0.2) is 29.4 Å². The van der Waals surface area contributed by atoms with Crippen molar-refractivity contribution in [3.63, 3.8) is 0 Å². The highest BCUT2D eigenvalue weighted by atomic mass is 19.1. The fraction of sp³-hybridized carbons (Fsp3) is 0.267. The molecule has 2 amide bonds. The van der Waals surface area contributed by atoms with Crippen LogP contribution in [-0.2, 0) is 11.4 Å². The van der Waals surface area contributed by atoms with Crippen LogP contribution in [0.25, 0.3) is 0 Å². The highest BCUT2D eigenvalue weighted by Gasteiger charge is 2.26. The summed E-state index contributed by atoms with van der Waals surface area (Å²) in [6.45, 7) is 0.496. The first-order chi connectivity index (χ1) is 11.1. The first-order valence-corrected chi connectivity index (χ1v) is 7.03. The molecule has 1 atom stereocenters. The van der Waals surface area contributed by atoms with E-state index in [0.29, 0.717) is 18.7 Å². The van der Waals surface area contributed by atoms with Crippen molar-refractivity contribution in [2.24, 2.45) is 0 Å². The summed E-state index contributed by atoms with van der Waals surface area (Å²) < 4.78 is 23.5. The number of halogens is 1. The Morgan fingerprint density at radius 3 is 3.13 bits per heavy atom. The Labute approximate surface area is 130 Å². The number of ether oxygens (including phenoxy) is 1. The minimum Gasteiger partial charge on any atom is -0.484 e. The van der Waals surface area contributed by atoms with E-state index in [9.17, 15) is 14.0 Å². The Morgan fingerprint density at radius 1 is 1.52 bits per heavy atom. The standard InChI is InChI=1S/C15H14FN3O4/c16-9-2-1-3-10(6-9)22-8-13-18-12(7-23-13)15(21)19-11-4-5-17-14(11)20/h1-3,6-7,11H,4-5,8H2,(H,17,20)(H,19,21)/t11-/m1/s1. The number of hydrogen-bond acceptors (Lipinski definition) is 5. The van der Waals surface area contributed by atoms with Crippen molar-refractivity contribution in [2.45, 2.75) is 19.1 Å². The zero-order chi connectivity index (χ0) is 16.2. The predicted molar refractivity (Wildman–Crippen MR) is 76.1 cm³/mol. The predicted octanol–water partition coefficient (Wildman–Crippen LogP) is 1.01. The number of oxazole rings is 1. The molecule has 23 heavy (non-hydrogen) atoms. The summed E-state index contributed by atoms with van der Waals surface area (Å²) in [6.07, 6.45) is 1.73. The van der Waals surface area contributed by atoms with E-state index in [2.05, 4.69) is 15.6 Å². The van der Waals surface area contributed by atoms with Gasteiger partial charge in [0.15, 0.2) is 12.3 Å². The third kappa shape index (κ3) is 3.65. The second-order valence-corrected chi connectivity index (χ2v) is 4.98. The van der Waals surface area contributed by atoms with Gasteiger partial charge in [-0.2, -0.15) is 0 Å². The van der Waals surface area contributed by atoms with Crippen LogP contribution in [0.2, 0.25) is 0 Å². The van der Waals surface area contributed by atoms with Crippen LogP contribution in [0.4, 0.5) is 4.39 Å². The lowest BCUT2D eigenvalue weighted by Gasteiger charge is -2.07. The van der Waals surface area contributed by atoms with Crippen molar-refractivity contribution in [1.29, 1.82) is 0 Å². The van der Waals surface area contributed by atoms with Gasteiger partial charge in [0.25, 0.3) is 5.91 Å². The van der Waals surface area contributed by atoms with Crippen molar-refractivity contribution in [1.82, 2.24) is 15.6 Å². The van der Waals surface area contributed by atoms with Gasteiger partial charge in [-0.25, -0.2) is 9.37 Å². The number of amides is 2. The van der Waals surface area contributed by atoms with E-state index in [-0.39, 0.29) is 24.1 Å². The number of carbonyl (C=O) groups is 2. The smallest absolute Gasteiger partial charge is 0.273 e. The molecule has 120 valence electrons. The van der Waals surface area contributed by atoms with Crippen LogP contribution < -0.4 is 15.4 Å². The van der Waals surface area contributed by atoms with Gasteiger partial charge in [-0.1, -0.05) is 6.07 Å². The first kappa shape index (κ1) is 15.0. The largest absolute Gasteiger partial charge is 0.484 e. The Balaban J connectivity index is 1.57. The molecule has 0 aliphatic carbocycles. The Hall–Kier alpha value is -2.90. The normalized spacial score (nSPS) is 16.9. The van der Waals surface area contributed by atoms with Crippen molar-refractivity contribution < 1.29 is 23.1 Å². The summed E-state index contributed by atoms with van der Waals surface area (Å²) in [7, 11) is 0. The van der Waals surface area contributed by atoms with Crippen molar-refractivity contribution in [3.8, 4) is 5.75 Å². The van der Waals surface area contributed by atoms with Gasteiger partial charge in [-0.05, 0) is 18.6 Å². The van der Waals surface area contributed by atoms with Gasteiger partial charge in [-0.15, -0.1) is 0 Å². The number of nitrogens with one attached hydrogen (secondary N) is 2. The second kappa shape index (κ2) is 6.47. The quantitative estimate of drug-likeness (QED) is 0.858. The highest BCUT2D eigenvalue weighted by Crippen LogP contribution is 2.14. The Bertz CT molecular complexity index is 731. The molecule has 2 aromatic rings. The van der Waals surface area contributed by atoms with E-state index >= 15 is 0 Å². The zero-order valence-corrected chi connectivity index (χ0v) is 12.0. The van der Waals surface area contributed by atoms with Gasteiger partial charge in [0.2, 0.25) is 11.8 Å². The van der Waals surface area contributed by atoms with Gasteiger partial charge >= 0.3 is 0 Å². The molecule has 7 nitrogen and oxygen atoms in total. The molecule has 0 spiro atoms. The lowest BCUT2D eigenvalue weighted by Crippen LogP contribution is -2.40. The molecule has 1 saturated heterocycles. The van der Waals surface area contributed by atoms with E-state index in [0.717, 1.165) is 0 Å². The molecule has 2 N–H and O–H groups in total. The summed E-state index contributed by atoms with van der Waals surface area (Å²) in [5.74, 6) is -0.610. The molecule has 1 fully saturated rings. The number of carbonyl (C=O) groups excluding carboxylic acids is 2. The van der Waals surface area contributed by atoms with Crippen LogP contribution in [0, 0.1) is 5.82 Å². The van der Waals surface area contributed by atoms with Gasteiger partial charge in [0.05, 0.1) is 0 Å². The van der Waals surface area contributed by atoms with Crippen LogP contribution >= 0.6 is 0 Å². The van der Waals surface area contributed by atoms with Gasteiger partial charge in [0.1, 0.15) is 23.9 Å². The van der Waals surface area contributed by atoms with Crippen LogP contribution in [0.3, 0.4) is 0 Å². The van der Waals surface area contributed by atoms with E-state index in [1.165, 1.54) is 24.5 Å². The van der Waals surface area contributed by atoms with Crippen LogP contribution in [0.5, 0.6) is 5.75 Å². The van der Waals surface area contributed by atoms with Crippen LogP contribution in [0.15, 0.2) is 34.9 Å². The molecule has 1 aromatic heterocycles. The van der Waals surface area contributed by atoms with E-state index in [4.69, 9.17) is 9.15 Å². The third-order valence-electron chi connectivity index (χ3n) is 3.30. The fourth-order valence-corrected chi connectivity index (χ4v) is 2.15. The zero-order valence-electron chi connectivity index (χ0n) is 12.0. The van der Waals surface area contributed by atoms with Crippen molar-refractivity contribution in [3.05, 3.63) is 47.9 Å². The lowest BCUT2D eigenvalue weighted by molar-refractivity contribution is -0.120. The lowest BCUT2D eigenvalue weighted by atomic mass is 10.2. The number of hydrogen-bond donors (Lipinski definition) is 2. The maximum absolute atomic E-state index is 13.0.